The number of hydrogen-bond donors (Lipinski definition) is 1. The van der Waals surface area contributed by atoms with E-state index >= 15 is 0 Å². The molecule has 1 atom stereocenters. The van der Waals surface area contributed by atoms with E-state index in [4.69, 9.17) is 4.74 Å². The van der Waals surface area contributed by atoms with E-state index in [0.29, 0.717) is 6.04 Å². The van der Waals surface area contributed by atoms with E-state index in [-0.39, 0.29) is 0 Å². The molecule has 0 aliphatic rings. The molecule has 3 nitrogen and oxygen atoms in total. The Bertz CT molecular complexity index is 352. The van der Waals surface area contributed by atoms with E-state index in [2.05, 4.69) is 24.1 Å². The van der Waals surface area contributed by atoms with E-state index < -0.39 is 0 Å². The highest BCUT2D eigenvalue weighted by Gasteiger charge is 2.07. The minimum Gasteiger partial charge on any atom is -0.493 e. The smallest absolute Gasteiger partial charge is 0.160 e. The molecule has 0 saturated carbocycles. The Morgan fingerprint density at radius 1 is 1.33 bits per heavy atom. The molecule has 1 heterocycles. The van der Waals surface area contributed by atoms with Gasteiger partial charge in [-0.15, -0.1) is 0 Å². The first-order valence-corrected chi connectivity index (χ1v) is 6.94. The van der Waals surface area contributed by atoms with Crippen LogP contribution >= 0.6 is 0 Å². The van der Waals surface area contributed by atoms with Gasteiger partial charge in [0.25, 0.3) is 0 Å². The quantitative estimate of drug-likeness (QED) is 0.703. The fourth-order valence-corrected chi connectivity index (χ4v) is 2.04. The second kappa shape index (κ2) is 7.96. The molecule has 1 aromatic rings. The molecular weight excluding hydrogens is 224 g/mol. The lowest BCUT2D eigenvalue weighted by atomic mass is 10.1. The SMILES string of the molecule is CCCCCCC(C)Nc1cc(C)ncc1OC. The third-order valence-electron chi connectivity index (χ3n) is 3.12. The van der Waals surface area contributed by atoms with Crippen LogP contribution in [0.25, 0.3) is 0 Å². The van der Waals surface area contributed by atoms with Crippen molar-refractivity contribution in [3.8, 4) is 5.75 Å². The summed E-state index contributed by atoms with van der Waals surface area (Å²) in [7, 11) is 1.68. The molecule has 0 aliphatic heterocycles. The number of pyridine rings is 1. The first-order valence-electron chi connectivity index (χ1n) is 6.94. The average molecular weight is 250 g/mol. The van der Waals surface area contributed by atoms with Crippen LogP contribution in [0.2, 0.25) is 0 Å². The maximum Gasteiger partial charge on any atom is 0.160 e. The van der Waals surface area contributed by atoms with Crippen molar-refractivity contribution in [2.24, 2.45) is 0 Å². The Morgan fingerprint density at radius 2 is 2.11 bits per heavy atom. The first kappa shape index (κ1) is 14.8. The number of nitrogens with zero attached hydrogens (tertiary/aromatic N) is 1. The fourth-order valence-electron chi connectivity index (χ4n) is 2.04. The molecule has 0 spiro atoms. The fraction of sp³-hybridized carbons (Fsp3) is 0.667. The van der Waals surface area contributed by atoms with Gasteiger partial charge in [-0.3, -0.25) is 4.98 Å². The summed E-state index contributed by atoms with van der Waals surface area (Å²) in [6.07, 6.45) is 8.22. The van der Waals surface area contributed by atoms with E-state index in [1.807, 2.05) is 13.0 Å². The summed E-state index contributed by atoms with van der Waals surface area (Å²) in [5.74, 6) is 0.820. The van der Waals surface area contributed by atoms with Crippen LogP contribution in [0.5, 0.6) is 5.75 Å². The number of ether oxygens (including phenoxy) is 1. The Labute approximate surface area is 111 Å². The van der Waals surface area contributed by atoms with Crippen LogP contribution in [0.1, 0.15) is 51.6 Å². The van der Waals surface area contributed by atoms with Crippen LogP contribution in [-0.4, -0.2) is 18.1 Å². The predicted octanol–water partition coefficient (Wildman–Crippen LogP) is 4.17. The number of unbranched alkanes of at least 4 members (excludes halogenated alkanes) is 3. The van der Waals surface area contributed by atoms with Crippen molar-refractivity contribution in [2.75, 3.05) is 12.4 Å². The molecule has 0 aliphatic carbocycles. The molecule has 102 valence electrons. The molecule has 0 aromatic carbocycles. The van der Waals surface area contributed by atoms with Gasteiger partial charge in [0, 0.05) is 11.7 Å². The summed E-state index contributed by atoms with van der Waals surface area (Å²) in [4.78, 5) is 4.24. The van der Waals surface area contributed by atoms with Crippen molar-refractivity contribution < 1.29 is 4.74 Å². The van der Waals surface area contributed by atoms with Crippen LogP contribution in [0, 0.1) is 6.92 Å². The lowest BCUT2D eigenvalue weighted by molar-refractivity contribution is 0.413. The molecule has 3 heteroatoms. The van der Waals surface area contributed by atoms with Gasteiger partial charge in [0.15, 0.2) is 5.75 Å². The zero-order chi connectivity index (χ0) is 13.4. The molecule has 0 fully saturated rings. The van der Waals surface area contributed by atoms with Gasteiger partial charge >= 0.3 is 0 Å². The largest absolute Gasteiger partial charge is 0.493 e. The van der Waals surface area contributed by atoms with E-state index in [1.54, 1.807) is 13.3 Å². The summed E-state index contributed by atoms with van der Waals surface area (Å²) < 4.78 is 5.32. The summed E-state index contributed by atoms with van der Waals surface area (Å²) in [5, 5.41) is 3.51. The number of aryl methyl sites for hydroxylation is 1. The number of aromatic nitrogens is 1. The van der Waals surface area contributed by atoms with Gasteiger partial charge in [-0.2, -0.15) is 0 Å². The van der Waals surface area contributed by atoms with Crippen LogP contribution in [-0.2, 0) is 0 Å². The molecule has 1 N–H and O–H groups in total. The second-order valence-electron chi connectivity index (χ2n) is 4.92. The molecule has 0 bridgehead atoms. The van der Waals surface area contributed by atoms with Crippen LogP contribution in [0.3, 0.4) is 0 Å². The highest BCUT2D eigenvalue weighted by Crippen LogP contribution is 2.25. The van der Waals surface area contributed by atoms with Crippen LogP contribution in [0.4, 0.5) is 5.69 Å². The van der Waals surface area contributed by atoms with Crippen LogP contribution in [0.15, 0.2) is 12.3 Å². The summed E-state index contributed by atoms with van der Waals surface area (Å²) in [5.41, 5.74) is 2.06. The summed E-state index contributed by atoms with van der Waals surface area (Å²) in [6, 6.07) is 2.51. The molecule has 0 amide bonds. The van der Waals surface area contributed by atoms with E-state index in [0.717, 1.165) is 17.1 Å². The first-order chi connectivity index (χ1) is 8.67. The predicted molar refractivity (Wildman–Crippen MR) is 77.4 cm³/mol. The van der Waals surface area contributed by atoms with Gasteiger partial charge in [-0.1, -0.05) is 32.6 Å². The van der Waals surface area contributed by atoms with Gasteiger partial charge in [0.05, 0.1) is 19.0 Å². The number of nitrogens with one attached hydrogen (secondary N) is 1. The average Bonchev–Trinajstić information content (AvgIpc) is 2.35. The number of hydrogen-bond acceptors (Lipinski definition) is 3. The lowest BCUT2D eigenvalue weighted by Gasteiger charge is -2.17. The minimum absolute atomic E-state index is 0.470. The van der Waals surface area contributed by atoms with Gasteiger partial charge in [-0.25, -0.2) is 0 Å². The molecule has 1 unspecified atom stereocenters. The van der Waals surface area contributed by atoms with Gasteiger partial charge in [0.1, 0.15) is 0 Å². The van der Waals surface area contributed by atoms with Gasteiger partial charge < -0.3 is 10.1 Å². The minimum atomic E-state index is 0.470. The summed E-state index contributed by atoms with van der Waals surface area (Å²) >= 11 is 0. The van der Waals surface area contributed by atoms with Gasteiger partial charge in [0.2, 0.25) is 0 Å². The zero-order valence-corrected chi connectivity index (χ0v) is 12.1. The van der Waals surface area contributed by atoms with Gasteiger partial charge in [-0.05, 0) is 26.3 Å². The van der Waals surface area contributed by atoms with Crippen molar-refractivity contribution in [1.82, 2.24) is 4.98 Å². The maximum atomic E-state index is 5.32. The lowest BCUT2D eigenvalue weighted by Crippen LogP contribution is -2.15. The van der Waals surface area contributed by atoms with Crippen molar-refractivity contribution in [1.29, 1.82) is 0 Å². The number of anilines is 1. The number of methoxy groups -OCH3 is 1. The molecule has 18 heavy (non-hydrogen) atoms. The monoisotopic (exact) mass is 250 g/mol. The Morgan fingerprint density at radius 3 is 2.78 bits per heavy atom. The normalized spacial score (nSPS) is 12.2. The Balaban J connectivity index is 2.47. The molecule has 1 aromatic heterocycles. The topological polar surface area (TPSA) is 34.2 Å². The number of rotatable bonds is 8. The Kier molecular flexibility index (Phi) is 6.55. The third kappa shape index (κ3) is 4.94. The molecule has 1 rings (SSSR count). The second-order valence-corrected chi connectivity index (χ2v) is 4.92. The summed E-state index contributed by atoms with van der Waals surface area (Å²) in [6.45, 7) is 6.46. The maximum absolute atomic E-state index is 5.32. The van der Waals surface area contributed by atoms with Crippen molar-refractivity contribution in [3.63, 3.8) is 0 Å². The molecule has 0 radical (unpaired) electrons. The van der Waals surface area contributed by atoms with Crippen molar-refractivity contribution >= 4 is 5.69 Å². The van der Waals surface area contributed by atoms with E-state index in [1.165, 1.54) is 32.1 Å². The van der Waals surface area contributed by atoms with Crippen LogP contribution < -0.4 is 10.1 Å². The molecule has 0 saturated heterocycles. The highest BCUT2D eigenvalue weighted by atomic mass is 16.5. The van der Waals surface area contributed by atoms with Crippen molar-refractivity contribution in [3.05, 3.63) is 18.0 Å². The standard InChI is InChI=1S/C15H26N2O/c1-5-6-7-8-9-12(2)17-14-10-13(3)16-11-15(14)18-4/h10-12H,5-9H2,1-4H3,(H,16,17). The van der Waals surface area contributed by atoms with Crippen molar-refractivity contribution in [2.45, 2.75) is 58.9 Å². The third-order valence-corrected chi connectivity index (χ3v) is 3.12. The highest BCUT2D eigenvalue weighted by molar-refractivity contribution is 5.56. The Hall–Kier alpha value is -1.25. The zero-order valence-electron chi connectivity index (χ0n) is 12.1. The van der Waals surface area contributed by atoms with E-state index in [9.17, 15) is 0 Å². The molecular formula is C15H26N2O.